The van der Waals surface area contributed by atoms with E-state index in [1.54, 1.807) is 0 Å². The van der Waals surface area contributed by atoms with Crippen molar-refractivity contribution in [3.05, 3.63) is 40.7 Å². The van der Waals surface area contributed by atoms with E-state index < -0.39 is 32.7 Å². The van der Waals surface area contributed by atoms with Gasteiger partial charge in [-0.15, -0.1) is 11.3 Å². The fraction of sp³-hybridized carbons (Fsp3) is 0.333. The number of nitrogens with one attached hydrogen (secondary N) is 2. The second-order valence-electron chi connectivity index (χ2n) is 5.51. The number of hydrogen-bond acceptors (Lipinski definition) is 5. The molecule has 6 nitrogen and oxygen atoms in total. The van der Waals surface area contributed by atoms with Gasteiger partial charge in [0.15, 0.2) is 5.13 Å². The zero-order valence-electron chi connectivity index (χ0n) is 12.9. The first-order valence-corrected chi connectivity index (χ1v) is 9.73. The van der Waals surface area contributed by atoms with E-state index in [9.17, 15) is 17.6 Å². The van der Waals surface area contributed by atoms with Gasteiger partial charge in [0.1, 0.15) is 10.7 Å². The number of carbonyl (C=O) groups excluding carboxylic acids is 1. The number of aryl methyl sites for hydroxylation is 2. The summed E-state index contributed by atoms with van der Waals surface area (Å²) in [5.41, 5.74) is 0.995. The first-order chi connectivity index (χ1) is 11.4. The molecule has 2 aromatic rings. The number of halogens is 1. The third-order valence-corrected chi connectivity index (χ3v) is 6.32. The van der Waals surface area contributed by atoms with Crippen LogP contribution in [-0.2, 0) is 27.7 Å². The Bertz CT molecular complexity index is 858. The Morgan fingerprint density at radius 1 is 1.33 bits per heavy atom. The van der Waals surface area contributed by atoms with Crippen LogP contribution < -0.4 is 10.0 Å². The third kappa shape index (κ3) is 3.47. The van der Waals surface area contributed by atoms with E-state index >= 15 is 0 Å². The van der Waals surface area contributed by atoms with Gasteiger partial charge in [-0.1, -0.05) is 12.1 Å². The Labute approximate surface area is 143 Å². The van der Waals surface area contributed by atoms with Crippen LogP contribution in [0.15, 0.2) is 29.2 Å². The Hall–Kier alpha value is -1.84. The first-order valence-electron chi connectivity index (χ1n) is 7.43. The largest absolute Gasteiger partial charge is 0.301 e. The zero-order chi connectivity index (χ0) is 17.3. The molecule has 1 atom stereocenters. The molecule has 0 saturated carbocycles. The summed E-state index contributed by atoms with van der Waals surface area (Å²) in [6.07, 6.45) is 2.93. The number of fused-ring (bicyclic) bond motifs is 1. The summed E-state index contributed by atoms with van der Waals surface area (Å²) in [4.78, 5) is 17.2. The molecule has 0 saturated heterocycles. The van der Waals surface area contributed by atoms with Crippen LogP contribution in [0.2, 0.25) is 0 Å². The van der Waals surface area contributed by atoms with Crippen molar-refractivity contribution >= 4 is 32.4 Å². The minimum Gasteiger partial charge on any atom is -0.301 e. The van der Waals surface area contributed by atoms with Crippen LogP contribution >= 0.6 is 11.3 Å². The molecule has 0 radical (unpaired) electrons. The van der Waals surface area contributed by atoms with Gasteiger partial charge in [-0.2, -0.15) is 4.72 Å². The minimum absolute atomic E-state index is 0.460. The number of hydrogen-bond donors (Lipinski definition) is 2. The van der Waals surface area contributed by atoms with Crippen LogP contribution in [0.25, 0.3) is 0 Å². The molecule has 3 rings (SSSR count). The first kappa shape index (κ1) is 17.0. The molecular formula is C15H16FN3O3S2. The van der Waals surface area contributed by atoms with E-state index in [0.29, 0.717) is 5.13 Å². The van der Waals surface area contributed by atoms with E-state index in [2.05, 4.69) is 15.0 Å². The van der Waals surface area contributed by atoms with Crippen molar-refractivity contribution in [2.24, 2.45) is 0 Å². The van der Waals surface area contributed by atoms with Crippen molar-refractivity contribution in [1.29, 1.82) is 0 Å². The average Bonchev–Trinajstić information content (AvgIpc) is 3.08. The van der Waals surface area contributed by atoms with Gasteiger partial charge in [-0.05, 0) is 38.3 Å². The molecule has 0 bridgehead atoms. The number of benzene rings is 1. The number of nitrogens with zero attached hydrogens (tertiary/aromatic N) is 1. The molecule has 128 valence electrons. The molecule has 1 heterocycles. The normalized spacial score (nSPS) is 15.1. The summed E-state index contributed by atoms with van der Waals surface area (Å²) < 4.78 is 40.2. The number of anilines is 1. The zero-order valence-corrected chi connectivity index (χ0v) is 14.5. The summed E-state index contributed by atoms with van der Waals surface area (Å²) in [5.74, 6) is -1.41. The maximum Gasteiger partial charge on any atom is 0.244 e. The molecule has 0 fully saturated rings. The van der Waals surface area contributed by atoms with E-state index in [1.807, 2.05) is 0 Å². The van der Waals surface area contributed by atoms with E-state index in [0.717, 1.165) is 42.0 Å². The highest BCUT2D eigenvalue weighted by atomic mass is 32.2. The van der Waals surface area contributed by atoms with E-state index in [1.165, 1.54) is 30.4 Å². The van der Waals surface area contributed by atoms with Crippen molar-refractivity contribution in [2.45, 2.75) is 37.1 Å². The molecule has 1 aromatic carbocycles. The second-order valence-corrected chi connectivity index (χ2v) is 8.27. The molecule has 9 heteroatoms. The van der Waals surface area contributed by atoms with Crippen molar-refractivity contribution in [2.75, 3.05) is 5.32 Å². The summed E-state index contributed by atoms with van der Waals surface area (Å²) in [7, 11) is -4.13. The molecule has 0 unspecified atom stereocenters. The predicted molar refractivity (Wildman–Crippen MR) is 89.0 cm³/mol. The smallest absolute Gasteiger partial charge is 0.244 e. The standard InChI is InChI=1S/C15H16FN3O3S2/c1-9(19-24(21,22)13-8-3-2-5-10(13)16)14(20)18-15-17-11-6-4-7-12(11)23-15/h2-3,5,8-9,19H,4,6-7H2,1H3,(H,17,18,20)/t9-/m0/s1. The van der Waals surface area contributed by atoms with Crippen LogP contribution in [0.3, 0.4) is 0 Å². The SMILES string of the molecule is C[C@H](NS(=O)(=O)c1ccccc1F)C(=O)Nc1nc2c(s1)CCC2. The van der Waals surface area contributed by atoms with Gasteiger partial charge in [-0.25, -0.2) is 17.8 Å². The fourth-order valence-corrected chi connectivity index (χ4v) is 4.80. The topological polar surface area (TPSA) is 88.2 Å². The maximum atomic E-state index is 13.6. The van der Waals surface area contributed by atoms with Crippen LogP contribution in [0.5, 0.6) is 0 Å². The minimum atomic E-state index is -4.13. The molecule has 0 aliphatic heterocycles. The number of aromatic nitrogens is 1. The van der Waals surface area contributed by atoms with Crippen molar-refractivity contribution < 1.29 is 17.6 Å². The molecule has 1 amide bonds. The summed E-state index contributed by atoms with van der Waals surface area (Å²) in [5, 5.41) is 3.07. The van der Waals surface area contributed by atoms with Gasteiger partial charge in [0.25, 0.3) is 0 Å². The third-order valence-electron chi connectivity index (χ3n) is 3.68. The maximum absolute atomic E-state index is 13.6. The van der Waals surface area contributed by atoms with E-state index in [-0.39, 0.29) is 0 Å². The quantitative estimate of drug-likeness (QED) is 0.845. The highest BCUT2D eigenvalue weighted by Crippen LogP contribution is 2.30. The lowest BCUT2D eigenvalue weighted by atomic mass is 10.3. The van der Waals surface area contributed by atoms with Gasteiger partial charge in [0.05, 0.1) is 11.7 Å². The number of sulfonamides is 1. The lowest BCUT2D eigenvalue weighted by Crippen LogP contribution is -2.41. The Balaban J connectivity index is 1.68. The van der Waals surface area contributed by atoms with Crippen molar-refractivity contribution in [1.82, 2.24) is 9.71 Å². The molecular weight excluding hydrogens is 353 g/mol. The number of amides is 1. The van der Waals surface area contributed by atoms with Gasteiger partial charge >= 0.3 is 0 Å². The monoisotopic (exact) mass is 369 g/mol. The lowest BCUT2D eigenvalue weighted by Gasteiger charge is -2.13. The fourth-order valence-electron chi connectivity index (χ4n) is 2.47. The van der Waals surface area contributed by atoms with Gasteiger partial charge < -0.3 is 5.32 Å². The molecule has 1 aromatic heterocycles. The number of thiazole rings is 1. The van der Waals surface area contributed by atoms with Gasteiger partial charge in [0, 0.05) is 4.88 Å². The lowest BCUT2D eigenvalue weighted by molar-refractivity contribution is -0.117. The van der Waals surface area contributed by atoms with Crippen LogP contribution in [0, 0.1) is 5.82 Å². The van der Waals surface area contributed by atoms with Gasteiger partial charge in [-0.3, -0.25) is 4.79 Å². The molecule has 0 spiro atoms. The van der Waals surface area contributed by atoms with Crippen molar-refractivity contribution in [3.8, 4) is 0 Å². The molecule has 1 aliphatic carbocycles. The van der Waals surface area contributed by atoms with Crippen LogP contribution in [-0.4, -0.2) is 25.4 Å². The van der Waals surface area contributed by atoms with E-state index in [4.69, 9.17) is 0 Å². The van der Waals surface area contributed by atoms with Crippen molar-refractivity contribution in [3.63, 3.8) is 0 Å². The molecule has 1 aliphatic rings. The Kier molecular flexibility index (Phi) is 4.66. The van der Waals surface area contributed by atoms with Crippen LogP contribution in [0.1, 0.15) is 23.9 Å². The highest BCUT2D eigenvalue weighted by molar-refractivity contribution is 7.89. The summed E-state index contributed by atoms with van der Waals surface area (Å²) in [6.45, 7) is 1.40. The predicted octanol–water partition coefficient (Wildman–Crippen LogP) is 2.08. The summed E-state index contributed by atoms with van der Waals surface area (Å²) in [6, 6.07) is 3.95. The average molecular weight is 369 g/mol. The van der Waals surface area contributed by atoms with Gasteiger partial charge in [0.2, 0.25) is 15.9 Å². The Morgan fingerprint density at radius 2 is 2.08 bits per heavy atom. The highest BCUT2D eigenvalue weighted by Gasteiger charge is 2.25. The molecule has 24 heavy (non-hydrogen) atoms. The Morgan fingerprint density at radius 3 is 2.79 bits per heavy atom. The molecule has 2 N–H and O–H groups in total. The summed E-state index contributed by atoms with van der Waals surface area (Å²) >= 11 is 1.40. The second kappa shape index (κ2) is 6.58. The van der Waals surface area contributed by atoms with Crippen LogP contribution in [0.4, 0.5) is 9.52 Å². The number of carbonyl (C=O) groups is 1. The number of rotatable bonds is 5.